The predicted molar refractivity (Wildman–Crippen MR) is 76.0 cm³/mol. The Labute approximate surface area is 113 Å². The van der Waals surface area contributed by atoms with Gasteiger partial charge in [0.1, 0.15) is 0 Å². The maximum absolute atomic E-state index is 11.9. The summed E-state index contributed by atoms with van der Waals surface area (Å²) in [6.07, 6.45) is 0. The van der Waals surface area contributed by atoms with Crippen LogP contribution in [0.1, 0.15) is 16.7 Å². The lowest BCUT2D eigenvalue weighted by Gasteiger charge is -2.16. The molecule has 0 aliphatic carbocycles. The van der Waals surface area contributed by atoms with E-state index in [0.717, 1.165) is 16.8 Å². The maximum Gasteiger partial charge on any atom is 0.238 e. The Morgan fingerprint density at radius 1 is 1.16 bits per heavy atom. The second-order valence-electron chi connectivity index (χ2n) is 4.96. The molecule has 0 saturated carbocycles. The van der Waals surface area contributed by atoms with Gasteiger partial charge in [0, 0.05) is 5.69 Å². The van der Waals surface area contributed by atoms with E-state index in [2.05, 4.69) is 5.32 Å². The van der Waals surface area contributed by atoms with Crippen molar-refractivity contribution in [3.8, 4) is 0 Å². The molecule has 0 aromatic heterocycles. The molecule has 1 aromatic rings. The quantitative estimate of drug-likeness (QED) is 0.831. The monoisotopic (exact) mass is 263 g/mol. The number of likely N-dealkylation sites (N-methyl/N-ethyl adjacent to an activating group) is 1. The minimum atomic E-state index is -0.446. The highest BCUT2D eigenvalue weighted by atomic mass is 16.2. The third-order valence-corrected chi connectivity index (χ3v) is 2.78. The van der Waals surface area contributed by atoms with Gasteiger partial charge in [-0.1, -0.05) is 17.7 Å². The third-order valence-electron chi connectivity index (χ3n) is 2.78. The summed E-state index contributed by atoms with van der Waals surface area (Å²) in [6, 6.07) is 4.05. The van der Waals surface area contributed by atoms with Crippen LogP contribution in [0.25, 0.3) is 0 Å². The minimum Gasteiger partial charge on any atom is -0.369 e. The number of nitrogens with two attached hydrogens (primary N) is 1. The Morgan fingerprint density at radius 3 is 2.16 bits per heavy atom. The fourth-order valence-corrected chi connectivity index (χ4v) is 2.12. The van der Waals surface area contributed by atoms with Gasteiger partial charge in [0.05, 0.1) is 13.1 Å². The third kappa shape index (κ3) is 4.71. The number of hydrogen-bond donors (Lipinski definition) is 2. The van der Waals surface area contributed by atoms with Crippen molar-refractivity contribution in [1.29, 1.82) is 0 Å². The first-order valence-electron chi connectivity index (χ1n) is 6.14. The molecule has 19 heavy (non-hydrogen) atoms. The SMILES string of the molecule is Cc1cc(C)c(NC(=O)CN(C)CC(N)=O)c(C)c1. The van der Waals surface area contributed by atoms with Crippen LogP contribution in [0.15, 0.2) is 12.1 Å². The van der Waals surface area contributed by atoms with Crippen LogP contribution >= 0.6 is 0 Å². The molecule has 5 nitrogen and oxygen atoms in total. The molecule has 0 aliphatic rings. The van der Waals surface area contributed by atoms with E-state index < -0.39 is 5.91 Å². The van der Waals surface area contributed by atoms with Gasteiger partial charge in [-0.3, -0.25) is 14.5 Å². The minimum absolute atomic E-state index is 0.0687. The molecule has 2 amide bonds. The highest BCUT2D eigenvalue weighted by molar-refractivity contribution is 5.94. The first-order valence-corrected chi connectivity index (χ1v) is 6.14. The van der Waals surface area contributed by atoms with E-state index in [-0.39, 0.29) is 19.0 Å². The van der Waals surface area contributed by atoms with Gasteiger partial charge in [-0.2, -0.15) is 0 Å². The molecule has 0 heterocycles. The summed E-state index contributed by atoms with van der Waals surface area (Å²) in [5.41, 5.74) is 9.14. The highest BCUT2D eigenvalue weighted by Gasteiger charge is 2.11. The van der Waals surface area contributed by atoms with Gasteiger partial charge >= 0.3 is 0 Å². The Morgan fingerprint density at radius 2 is 1.68 bits per heavy atom. The van der Waals surface area contributed by atoms with Gasteiger partial charge in [0.25, 0.3) is 0 Å². The summed E-state index contributed by atoms with van der Waals surface area (Å²) in [4.78, 5) is 24.2. The Balaban J connectivity index is 2.70. The van der Waals surface area contributed by atoms with Crippen molar-refractivity contribution in [1.82, 2.24) is 4.90 Å². The molecule has 0 unspecified atom stereocenters. The Hall–Kier alpha value is -1.88. The zero-order chi connectivity index (χ0) is 14.6. The lowest BCUT2D eigenvalue weighted by atomic mass is 10.1. The van der Waals surface area contributed by atoms with Gasteiger partial charge in [-0.05, 0) is 38.9 Å². The zero-order valence-electron chi connectivity index (χ0n) is 11.9. The average molecular weight is 263 g/mol. The zero-order valence-corrected chi connectivity index (χ0v) is 11.9. The number of rotatable bonds is 5. The van der Waals surface area contributed by atoms with E-state index in [9.17, 15) is 9.59 Å². The van der Waals surface area contributed by atoms with Crippen molar-refractivity contribution in [3.05, 3.63) is 28.8 Å². The van der Waals surface area contributed by atoms with Crippen molar-refractivity contribution in [2.75, 3.05) is 25.5 Å². The molecule has 0 bridgehead atoms. The number of amides is 2. The molecule has 104 valence electrons. The molecule has 0 radical (unpaired) electrons. The molecule has 5 heteroatoms. The summed E-state index contributed by atoms with van der Waals surface area (Å²) in [5, 5.41) is 2.88. The molecule has 0 fully saturated rings. The van der Waals surface area contributed by atoms with E-state index in [1.807, 2.05) is 32.9 Å². The van der Waals surface area contributed by atoms with Crippen molar-refractivity contribution < 1.29 is 9.59 Å². The molecular formula is C14H21N3O2. The molecule has 1 aromatic carbocycles. The molecule has 1 rings (SSSR count). The number of carbonyl (C=O) groups is 2. The lowest BCUT2D eigenvalue weighted by molar-refractivity contribution is -0.120. The standard InChI is InChI=1S/C14H21N3O2/c1-9-5-10(2)14(11(3)6-9)16-13(19)8-17(4)7-12(15)18/h5-6H,7-8H2,1-4H3,(H2,15,18)(H,16,19). The summed E-state index contributed by atoms with van der Waals surface area (Å²) < 4.78 is 0. The van der Waals surface area contributed by atoms with Crippen LogP contribution in [0, 0.1) is 20.8 Å². The van der Waals surface area contributed by atoms with Crippen molar-refractivity contribution >= 4 is 17.5 Å². The Kier molecular flexibility index (Phi) is 5.06. The van der Waals surface area contributed by atoms with Gasteiger partial charge in [0.2, 0.25) is 11.8 Å². The van der Waals surface area contributed by atoms with Crippen molar-refractivity contribution in [2.24, 2.45) is 5.73 Å². The summed E-state index contributed by atoms with van der Waals surface area (Å²) in [6.45, 7) is 6.15. The van der Waals surface area contributed by atoms with E-state index in [0.29, 0.717) is 0 Å². The second-order valence-corrected chi connectivity index (χ2v) is 4.96. The number of primary amides is 1. The first-order chi connectivity index (χ1) is 8.79. The normalized spacial score (nSPS) is 10.6. The molecule has 0 atom stereocenters. The van der Waals surface area contributed by atoms with Gasteiger partial charge in [-0.15, -0.1) is 0 Å². The maximum atomic E-state index is 11.9. The van der Waals surface area contributed by atoms with Crippen LogP contribution in [-0.4, -0.2) is 36.9 Å². The number of carbonyl (C=O) groups excluding carboxylic acids is 2. The molecular weight excluding hydrogens is 242 g/mol. The number of aryl methyl sites for hydroxylation is 3. The van der Waals surface area contributed by atoms with E-state index in [1.54, 1.807) is 11.9 Å². The van der Waals surface area contributed by atoms with Gasteiger partial charge < -0.3 is 11.1 Å². The number of nitrogens with zero attached hydrogens (tertiary/aromatic N) is 1. The van der Waals surface area contributed by atoms with Crippen molar-refractivity contribution in [2.45, 2.75) is 20.8 Å². The molecule has 3 N–H and O–H groups in total. The van der Waals surface area contributed by atoms with E-state index in [4.69, 9.17) is 5.73 Å². The van der Waals surface area contributed by atoms with Crippen LogP contribution < -0.4 is 11.1 Å². The van der Waals surface area contributed by atoms with Crippen LogP contribution in [0.5, 0.6) is 0 Å². The van der Waals surface area contributed by atoms with Crippen molar-refractivity contribution in [3.63, 3.8) is 0 Å². The number of anilines is 1. The predicted octanol–water partition coefficient (Wildman–Crippen LogP) is 0.967. The van der Waals surface area contributed by atoms with E-state index in [1.165, 1.54) is 5.56 Å². The number of benzene rings is 1. The topological polar surface area (TPSA) is 75.4 Å². The van der Waals surface area contributed by atoms with Crippen LogP contribution in [0.3, 0.4) is 0 Å². The highest BCUT2D eigenvalue weighted by Crippen LogP contribution is 2.21. The van der Waals surface area contributed by atoms with Crippen LogP contribution in [-0.2, 0) is 9.59 Å². The number of nitrogens with one attached hydrogen (secondary N) is 1. The smallest absolute Gasteiger partial charge is 0.238 e. The summed E-state index contributed by atoms with van der Waals surface area (Å²) in [5.74, 6) is -0.600. The summed E-state index contributed by atoms with van der Waals surface area (Å²) >= 11 is 0. The van der Waals surface area contributed by atoms with E-state index >= 15 is 0 Å². The number of hydrogen-bond acceptors (Lipinski definition) is 3. The lowest BCUT2D eigenvalue weighted by Crippen LogP contribution is -2.36. The fourth-order valence-electron chi connectivity index (χ4n) is 2.12. The van der Waals surface area contributed by atoms with Crippen LogP contribution in [0.2, 0.25) is 0 Å². The molecule has 0 spiro atoms. The largest absolute Gasteiger partial charge is 0.369 e. The second kappa shape index (κ2) is 6.33. The first kappa shape index (κ1) is 15.2. The summed E-state index contributed by atoms with van der Waals surface area (Å²) in [7, 11) is 1.68. The van der Waals surface area contributed by atoms with Crippen LogP contribution in [0.4, 0.5) is 5.69 Å². The average Bonchev–Trinajstić information content (AvgIpc) is 2.21. The van der Waals surface area contributed by atoms with Gasteiger partial charge in [0.15, 0.2) is 0 Å². The Bertz CT molecular complexity index is 474. The molecule has 0 saturated heterocycles. The van der Waals surface area contributed by atoms with Gasteiger partial charge in [-0.25, -0.2) is 0 Å². The fraction of sp³-hybridized carbons (Fsp3) is 0.429. The molecule has 0 aliphatic heterocycles.